The SMILES string of the molecule is CCCCN(C)C(=O)CN(C(C)=O)c1cccc(C)c1. The summed E-state index contributed by atoms with van der Waals surface area (Å²) in [7, 11) is 1.78. The number of carbonyl (C=O) groups is 2. The summed E-state index contributed by atoms with van der Waals surface area (Å²) in [6.07, 6.45) is 2.03. The molecule has 20 heavy (non-hydrogen) atoms. The van der Waals surface area contributed by atoms with E-state index in [0.29, 0.717) is 0 Å². The predicted octanol–water partition coefficient (Wildman–Crippen LogP) is 2.61. The van der Waals surface area contributed by atoms with E-state index in [1.165, 1.54) is 11.8 Å². The number of anilines is 1. The van der Waals surface area contributed by atoms with E-state index in [4.69, 9.17) is 0 Å². The molecular formula is C16H24N2O2. The first kappa shape index (κ1) is 16.2. The molecule has 0 aliphatic heterocycles. The van der Waals surface area contributed by atoms with E-state index in [1.54, 1.807) is 11.9 Å². The molecule has 0 aliphatic rings. The minimum atomic E-state index is -0.118. The lowest BCUT2D eigenvalue weighted by atomic mass is 10.2. The smallest absolute Gasteiger partial charge is 0.242 e. The van der Waals surface area contributed by atoms with Crippen LogP contribution >= 0.6 is 0 Å². The van der Waals surface area contributed by atoms with Crippen molar-refractivity contribution in [3.05, 3.63) is 29.8 Å². The van der Waals surface area contributed by atoms with Crippen LogP contribution in [-0.2, 0) is 9.59 Å². The van der Waals surface area contributed by atoms with E-state index in [-0.39, 0.29) is 18.4 Å². The van der Waals surface area contributed by atoms with Gasteiger partial charge in [-0.3, -0.25) is 9.59 Å². The summed E-state index contributed by atoms with van der Waals surface area (Å²) in [4.78, 5) is 27.2. The molecule has 1 aromatic carbocycles. The highest BCUT2D eigenvalue weighted by Gasteiger charge is 2.18. The van der Waals surface area contributed by atoms with Gasteiger partial charge >= 0.3 is 0 Å². The fourth-order valence-electron chi connectivity index (χ4n) is 1.96. The summed E-state index contributed by atoms with van der Waals surface area (Å²) >= 11 is 0. The Morgan fingerprint density at radius 1 is 1.25 bits per heavy atom. The third kappa shape index (κ3) is 4.68. The highest BCUT2D eigenvalue weighted by molar-refractivity contribution is 5.97. The van der Waals surface area contributed by atoms with E-state index in [9.17, 15) is 9.59 Å². The largest absolute Gasteiger partial charge is 0.344 e. The Labute approximate surface area is 121 Å². The molecule has 0 aromatic heterocycles. The summed E-state index contributed by atoms with van der Waals surface area (Å²) in [5, 5.41) is 0. The van der Waals surface area contributed by atoms with Crippen LogP contribution in [0.5, 0.6) is 0 Å². The number of aryl methyl sites for hydroxylation is 1. The maximum Gasteiger partial charge on any atom is 0.242 e. The number of carbonyl (C=O) groups excluding carboxylic acids is 2. The second-order valence-electron chi connectivity index (χ2n) is 5.11. The highest BCUT2D eigenvalue weighted by atomic mass is 16.2. The van der Waals surface area contributed by atoms with Gasteiger partial charge in [-0.25, -0.2) is 0 Å². The summed E-state index contributed by atoms with van der Waals surface area (Å²) in [5.74, 6) is -0.150. The third-order valence-electron chi connectivity index (χ3n) is 3.26. The molecule has 1 rings (SSSR count). The van der Waals surface area contributed by atoms with Gasteiger partial charge in [0.2, 0.25) is 11.8 Å². The minimum Gasteiger partial charge on any atom is -0.344 e. The molecule has 0 bridgehead atoms. The van der Waals surface area contributed by atoms with Gasteiger partial charge in [0.1, 0.15) is 6.54 Å². The zero-order valence-corrected chi connectivity index (χ0v) is 12.8. The molecule has 0 radical (unpaired) electrons. The van der Waals surface area contributed by atoms with Crippen molar-refractivity contribution in [2.24, 2.45) is 0 Å². The third-order valence-corrected chi connectivity index (χ3v) is 3.26. The number of hydrogen-bond donors (Lipinski definition) is 0. The molecule has 0 spiro atoms. The number of nitrogens with zero attached hydrogens (tertiary/aromatic N) is 2. The molecule has 0 unspecified atom stereocenters. The first-order chi connectivity index (χ1) is 9.45. The Balaban J connectivity index is 2.78. The quantitative estimate of drug-likeness (QED) is 0.801. The van der Waals surface area contributed by atoms with Gasteiger partial charge in [-0.05, 0) is 31.0 Å². The number of likely N-dealkylation sites (N-methyl/N-ethyl adjacent to an activating group) is 1. The fourth-order valence-corrected chi connectivity index (χ4v) is 1.96. The summed E-state index contributed by atoms with van der Waals surface area (Å²) in [6, 6.07) is 7.64. The molecule has 0 aliphatic carbocycles. The maximum atomic E-state index is 12.2. The molecule has 0 N–H and O–H groups in total. The van der Waals surface area contributed by atoms with Gasteiger partial charge in [-0.15, -0.1) is 0 Å². The molecule has 0 atom stereocenters. The molecule has 0 heterocycles. The predicted molar refractivity (Wildman–Crippen MR) is 81.8 cm³/mol. The molecule has 4 nitrogen and oxygen atoms in total. The van der Waals surface area contributed by atoms with E-state index in [2.05, 4.69) is 6.92 Å². The van der Waals surface area contributed by atoms with Crippen LogP contribution < -0.4 is 4.90 Å². The molecule has 0 fully saturated rings. The number of amides is 2. The van der Waals surface area contributed by atoms with Crippen molar-refractivity contribution >= 4 is 17.5 Å². The number of unbranched alkanes of at least 4 members (excludes halogenated alkanes) is 1. The van der Waals surface area contributed by atoms with Crippen molar-refractivity contribution in [3.8, 4) is 0 Å². The van der Waals surface area contributed by atoms with Gasteiger partial charge < -0.3 is 9.80 Å². The Morgan fingerprint density at radius 3 is 2.50 bits per heavy atom. The van der Waals surface area contributed by atoms with Gasteiger partial charge in [0.25, 0.3) is 0 Å². The lowest BCUT2D eigenvalue weighted by molar-refractivity contribution is -0.130. The topological polar surface area (TPSA) is 40.6 Å². The maximum absolute atomic E-state index is 12.2. The second-order valence-corrected chi connectivity index (χ2v) is 5.11. The second kappa shape index (κ2) is 7.68. The first-order valence-electron chi connectivity index (χ1n) is 7.04. The van der Waals surface area contributed by atoms with Gasteiger partial charge in [-0.1, -0.05) is 25.5 Å². The van der Waals surface area contributed by atoms with Crippen molar-refractivity contribution in [2.45, 2.75) is 33.6 Å². The Bertz CT molecular complexity index is 471. The van der Waals surface area contributed by atoms with Crippen LogP contribution in [0, 0.1) is 6.92 Å². The zero-order chi connectivity index (χ0) is 15.1. The first-order valence-corrected chi connectivity index (χ1v) is 7.04. The van der Waals surface area contributed by atoms with Crippen LogP contribution in [0.15, 0.2) is 24.3 Å². The Hall–Kier alpha value is -1.84. The van der Waals surface area contributed by atoms with Crippen molar-refractivity contribution < 1.29 is 9.59 Å². The van der Waals surface area contributed by atoms with Crippen molar-refractivity contribution in [2.75, 3.05) is 25.0 Å². The Kier molecular flexibility index (Phi) is 6.22. The molecule has 110 valence electrons. The summed E-state index contributed by atoms with van der Waals surface area (Å²) < 4.78 is 0. The molecular weight excluding hydrogens is 252 g/mol. The normalized spacial score (nSPS) is 10.2. The summed E-state index contributed by atoms with van der Waals surface area (Å²) in [6.45, 7) is 6.37. The van der Waals surface area contributed by atoms with E-state index < -0.39 is 0 Å². The van der Waals surface area contributed by atoms with Gasteiger partial charge in [0.15, 0.2) is 0 Å². The average molecular weight is 276 g/mol. The fraction of sp³-hybridized carbons (Fsp3) is 0.500. The van der Waals surface area contributed by atoms with Crippen LogP contribution in [0.4, 0.5) is 5.69 Å². The summed E-state index contributed by atoms with van der Waals surface area (Å²) in [5.41, 5.74) is 1.84. The Morgan fingerprint density at radius 2 is 1.95 bits per heavy atom. The van der Waals surface area contributed by atoms with Gasteiger partial charge in [0.05, 0.1) is 0 Å². The monoisotopic (exact) mass is 276 g/mol. The molecule has 4 heteroatoms. The average Bonchev–Trinajstić information content (AvgIpc) is 2.41. The van der Waals surface area contributed by atoms with Crippen molar-refractivity contribution in [1.82, 2.24) is 4.90 Å². The number of rotatable bonds is 6. The standard InChI is InChI=1S/C16H24N2O2/c1-5-6-10-17(4)16(20)12-18(14(3)19)15-9-7-8-13(2)11-15/h7-9,11H,5-6,10,12H2,1-4H3. The molecule has 1 aromatic rings. The van der Waals surface area contributed by atoms with Crippen LogP contribution in [0.25, 0.3) is 0 Å². The van der Waals surface area contributed by atoms with Gasteiger partial charge in [0, 0.05) is 26.2 Å². The minimum absolute atomic E-state index is 0.0323. The lowest BCUT2D eigenvalue weighted by Crippen LogP contribution is -2.41. The molecule has 0 saturated heterocycles. The van der Waals surface area contributed by atoms with Crippen LogP contribution in [0.1, 0.15) is 32.3 Å². The lowest BCUT2D eigenvalue weighted by Gasteiger charge is -2.24. The zero-order valence-electron chi connectivity index (χ0n) is 12.8. The number of benzene rings is 1. The van der Waals surface area contributed by atoms with Crippen molar-refractivity contribution in [3.63, 3.8) is 0 Å². The van der Waals surface area contributed by atoms with Crippen LogP contribution in [0.2, 0.25) is 0 Å². The van der Waals surface area contributed by atoms with Crippen molar-refractivity contribution in [1.29, 1.82) is 0 Å². The van der Waals surface area contributed by atoms with Gasteiger partial charge in [-0.2, -0.15) is 0 Å². The number of hydrogen-bond acceptors (Lipinski definition) is 2. The molecule has 0 saturated carbocycles. The van der Waals surface area contributed by atoms with Crippen LogP contribution in [-0.4, -0.2) is 36.9 Å². The van der Waals surface area contributed by atoms with E-state index in [1.807, 2.05) is 31.2 Å². The molecule has 2 amide bonds. The van der Waals surface area contributed by atoms with E-state index in [0.717, 1.165) is 30.6 Å². The van der Waals surface area contributed by atoms with E-state index >= 15 is 0 Å². The highest BCUT2D eigenvalue weighted by Crippen LogP contribution is 2.16. The van der Waals surface area contributed by atoms with Crippen LogP contribution in [0.3, 0.4) is 0 Å².